The summed E-state index contributed by atoms with van der Waals surface area (Å²) < 4.78 is 5.72. The van der Waals surface area contributed by atoms with Crippen molar-refractivity contribution in [1.29, 1.82) is 5.26 Å². The maximum Gasteiger partial charge on any atom is 0.127 e. The molecule has 0 spiro atoms. The molecule has 0 aliphatic heterocycles. The highest BCUT2D eigenvalue weighted by Crippen LogP contribution is 2.18. The average Bonchev–Trinajstić information content (AvgIpc) is 2.79. The summed E-state index contributed by atoms with van der Waals surface area (Å²) in [5.74, 6) is 0.896. The highest BCUT2D eigenvalue weighted by Gasteiger charge is 2.06. The number of thiazole rings is 1. The molecule has 0 aliphatic rings. The quantitative estimate of drug-likeness (QED) is 0.836. The highest BCUT2D eigenvalue weighted by atomic mass is 32.1. The third kappa shape index (κ3) is 3.55. The molecule has 0 saturated carbocycles. The van der Waals surface area contributed by atoms with Crippen molar-refractivity contribution in [3.8, 4) is 11.8 Å². The zero-order valence-electron chi connectivity index (χ0n) is 11.1. The third-order valence-corrected chi connectivity index (χ3v) is 3.96. The molecule has 0 unspecified atom stereocenters. The van der Waals surface area contributed by atoms with Crippen LogP contribution >= 0.6 is 11.3 Å². The van der Waals surface area contributed by atoms with Gasteiger partial charge in [-0.05, 0) is 31.0 Å². The van der Waals surface area contributed by atoms with Crippen LogP contribution in [0.3, 0.4) is 0 Å². The summed E-state index contributed by atoms with van der Waals surface area (Å²) in [7, 11) is 0. The van der Waals surface area contributed by atoms with Gasteiger partial charge in [-0.1, -0.05) is 19.1 Å². The molecule has 0 atom stereocenters. The van der Waals surface area contributed by atoms with Gasteiger partial charge >= 0.3 is 0 Å². The van der Waals surface area contributed by atoms with Crippen LogP contribution in [0.25, 0.3) is 0 Å². The molecule has 1 heterocycles. The van der Waals surface area contributed by atoms with Crippen LogP contribution in [-0.4, -0.2) is 11.6 Å². The van der Waals surface area contributed by atoms with Gasteiger partial charge in [-0.15, -0.1) is 11.3 Å². The van der Waals surface area contributed by atoms with E-state index in [0.717, 1.165) is 29.3 Å². The van der Waals surface area contributed by atoms with Gasteiger partial charge in [0.1, 0.15) is 16.7 Å². The SMILES string of the molecule is CCc1cccc(OCCc2nc(C)c(C#N)s2)c1. The molecule has 0 radical (unpaired) electrons. The van der Waals surface area contributed by atoms with Crippen LogP contribution in [0.5, 0.6) is 5.75 Å². The van der Waals surface area contributed by atoms with Gasteiger partial charge in [0.15, 0.2) is 0 Å². The van der Waals surface area contributed by atoms with Crippen molar-refractivity contribution in [2.75, 3.05) is 6.61 Å². The van der Waals surface area contributed by atoms with Gasteiger partial charge in [-0.3, -0.25) is 0 Å². The Labute approximate surface area is 117 Å². The fourth-order valence-electron chi connectivity index (χ4n) is 1.77. The molecular weight excluding hydrogens is 256 g/mol. The fourth-order valence-corrected chi connectivity index (χ4v) is 2.62. The van der Waals surface area contributed by atoms with E-state index < -0.39 is 0 Å². The predicted octanol–water partition coefficient (Wildman–Crippen LogP) is 3.51. The normalized spacial score (nSPS) is 10.2. The van der Waals surface area contributed by atoms with E-state index in [1.54, 1.807) is 0 Å². The zero-order valence-corrected chi connectivity index (χ0v) is 12.0. The first-order valence-corrected chi connectivity index (χ1v) is 7.12. The number of ether oxygens (including phenoxy) is 1. The highest BCUT2D eigenvalue weighted by molar-refractivity contribution is 7.12. The lowest BCUT2D eigenvalue weighted by molar-refractivity contribution is 0.321. The number of hydrogen-bond acceptors (Lipinski definition) is 4. The van der Waals surface area contributed by atoms with E-state index in [9.17, 15) is 0 Å². The van der Waals surface area contributed by atoms with Crippen LogP contribution in [0.2, 0.25) is 0 Å². The van der Waals surface area contributed by atoms with Gasteiger partial charge in [0.05, 0.1) is 17.3 Å². The largest absolute Gasteiger partial charge is 0.493 e. The van der Waals surface area contributed by atoms with E-state index in [1.807, 2.05) is 19.1 Å². The van der Waals surface area contributed by atoms with Crippen LogP contribution < -0.4 is 4.74 Å². The lowest BCUT2D eigenvalue weighted by Gasteiger charge is -2.06. The van der Waals surface area contributed by atoms with Crippen LogP contribution in [-0.2, 0) is 12.8 Å². The van der Waals surface area contributed by atoms with Crippen LogP contribution in [0.15, 0.2) is 24.3 Å². The minimum Gasteiger partial charge on any atom is -0.493 e. The van der Waals surface area contributed by atoms with Gasteiger partial charge < -0.3 is 4.74 Å². The van der Waals surface area contributed by atoms with E-state index >= 15 is 0 Å². The number of aryl methyl sites for hydroxylation is 2. The van der Waals surface area contributed by atoms with Crippen LogP contribution in [0.1, 0.15) is 28.1 Å². The molecule has 2 rings (SSSR count). The second-order valence-corrected chi connectivity index (χ2v) is 5.32. The maximum atomic E-state index is 8.88. The Hall–Kier alpha value is -1.86. The second-order valence-electron chi connectivity index (χ2n) is 4.23. The van der Waals surface area contributed by atoms with Crippen molar-refractivity contribution >= 4 is 11.3 Å². The molecule has 3 nitrogen and oxygen atoms in total. The summed E-state index contributed by atoms with van der Waals surface area (Å²) in [4.78, 5) is 5.06. The topological polar surface area (TPSA) is 45.9 Å². The lowest BCUT2D eigenvalue weighted by Crippen LogP contribution is -2.01. The predicted molar refractivity (Wildman–Crippen MR) is 76.6 cm³/mol. The maximum absolute atomic E-state index is 8.88. The van der Waals surface area contributed by atoms with Crippen molar-refractivity contribution in [3.63, 3.8) is 0 Å². The standard InChI is InChI=1S/C15H16N2OS/c1-3-12-5-4-6-13(9-12)18-8-7-15-17-11(2)14(10-16)19-15/h4-6,9H,3,7-8H2,1-2H3. The monoisotopic (exact) mass is 272 g/mol. The van der Waals surface area contributed by atoms with E-state index in [1.165, 1.54) is 16.9 Å². The molecule has 1 aromatic heterocycles. The Bertz CT molecular complexity index is 598. The van der Waals surface area contributed by atoms with Gasteiger partial charge in [-0.25, -0.2) is 4.98 Å². The molecule has 0 bridgehead atoms. The number of nitriles is 1. The minimum atomic E-state index is 0.588. The summed E-state index contributed by atoms with van der Waals surface area (Å²) in [6.07, 6.45) is 1.75. The second kappa shape index (κ2) is 6.35. The van der Waals surface area contributed by atoms with E-state index in [0.29, 0.717) is 11.5 Å². The first kappa shape index (κ1) is 13.6. The van der Waals surface area contributed by atoms with Gasteiger partial charge in [-0.2, -0.15) is 5.26 Å². The Morgan fingerprint density at radius 2 is 2.26 bits per heavy atom. The fraction of sp³-hybridized carbons (Fsp3) is 0.333. The summed E-state index contributed by atoms with van der Waals surface area (Å²) in [5.41, 5.74) is 2.09. The molecule has 0 saturated heterocycles. The number of hydrogen-bond donors (Lipinski definition) is 0. The van der Waals surface area contributed by atoms with E-state index in [2.05, 4.69) is 30.1 Å². The molecule has 98 valence electrons. The third-order valence-electron chi connectivity index (χ3n) is 2.83. The van der Waals surface area contributed by atoms with Gasteiger partial charge in [0.2, 0.25) is 0 Å². The summed E-state index contributed by atoms with van der Waals surface area (Å²) in [5, 5.41) is 9.84. The Morgan fingerprint density at radius 1 is 1.42 bits per heavy atom. The molecule has 0 N–H and O–H groups in total. The molecule has 0 amide bonds. The number of rotatable bonds is 5. The Morgan fingerprint density at radius 3 is 2.95 bits per heavy atom. The van der Waals surface area contributed by atoms with Crippen molar-refractivity contribution < 1.29 is 4.74 Å². The smallest absolute Gasteiger partial charge is 0.127 e. The van der Waals surface area contributed by atoms with Crippen molar-refractivity contribution in [3.05, 3.63) is 45.4 Å². The first-order chi connectivity index (χ1) is 9.22. The van der Waals surface area contributed by atoms with Gasteiger partial charge in [0.25, 0.3) is 0 Å². The summed E-state index contributed by atoms with van der Waals surface area (Å²) in [6, 6.07) is 10.3. The molecule has 2 aromatic rings. The summed E-state index contributed by atoms with van der Waals surface area (Å²) in [6.45, 7) is 4.58. The van der Waals surface area contributed by atoms with E-state index in [-0.39, 0.29) is 0 Å². The number of nitrogens with zero attached hydrogens (tertiary/aromatic N) is 2. The van der Waals surface area contributed by atoms with E-state index in [4.69, 9.17) is 10.00 Å². The number of benzene rings is 1. The van der Waals surface area contributed by atoms with Crippen molar-refractivity contribution in [2.45, 2.75) is 26.7 Å². The van der Waals surface area contributed by atoms with Crippen molar-refractivity contribution in [1.82, 2.24) is 4.98 Å². The van der Waals surface area contributed by atoms with Crippen LogP contribution in [0, 0.1) is 18.3 Å². The number of aromatic nitrogens is 1. The zero-order chi connectivity index (χ0) is 13.7. The van der Waals surface area contributed by atoms with Crippen molar-refractivity contribution in [2.24, 2.45) is 0 Å². The summed E-state index contributed by atoms with van der Waals surface area (Å²) >= 11 is 1.45. The molecule has 0 fully saturated rings. The molecule has 1 aromatic carbocycles. The molecule has 0 aliphatic carbocycles. The van der Waals surface area contributed by atoms with Gasteiger partial charge in [0, 0.05) is 6.42 Å². The lowest BCUT2D eigenvalue weighted by atomic mass is 10.2. The molecule has 19 heavy (non-hydrogen) atoms. The Kier molecular flexibility index (Phi) is 4.53. The minimum absolute atomic E-state index is 0.588. The molecule has 4 heteroatoms. The first-order valence-electron chi connectivity index (χ1n) is 6.31. The van der Waals surface area contributed by atoms with Crippen LogP contribution in [0.4, 0.5) is 0 Å². The molecular formula is C15H16N2OS. The Balaban J connectivity index is 1.90. The average molecular weight is 272 g/mol.